The number of aliphatic hydroxyl groups is 2. The van der Waals surface area contributed by atoms with Gasteiger partial charge in [-0.25, -0.2) is 0 Å². The van der Waals surface area contributed by atoms with E-state index < -0.39 is 11.2 Å². The quantitative estimate of drug-likeness (QED) is 0.694. The fraction of sp³-hybridized carbons (Fsp3) is 0.556. The van der Waals surface area contributed by atoms with Crippen molar-refractivity contribution in [3.8, 4) is 0 Å². The highest BCUT2D eigenvalue weighted by atomic mass is 32.1. The van der Waals surface area contributed by atoms with E-state index >= 15 is 0 Å². The van der Waals surface area contributed by atoms with Crippen molar-refractivity contribution in [3.05, 3.63) is 22.4 Å². The molecule has 0 radical (unpaired) electrons. The van der Waals surface area contributed by atoms with Crippen LogP contribution >= 0.6 is 11.3 Å². The predicted octanol–water partition coefficient (Wildman–Crippen LogP) is 1.48. The number of hydrogen-bond donors (Lipinski definition) is 2. The molecule has 1 aromatic rings. The van der Waals surface area contributed by atoms with Gasteiger partial charge in [0.05, 0.1) is 5.60 Å². The van der Waals surface area contributed by atoms with Gasteiger partial charge in [0, 0.05) is 4.88 Å². The SMILES string of the molecule is C[C@]1(O)CC[C@]1(O)c1cccs1. The van der Waals surface area contributed by atoms with Gasteiger partial charge in [-0.05, 0) is 31.2 Å². The standard InChI is InChI=1S/C9H12O2S/c1-8(10)4-5-9(8,11)7-3-2-6-12-7/h2-3,6,10-11H,4-5H2,1H3/t8-,9-/m0/s1. The first kappa shape index (κ1) is 8.23. The van der Waals surface area contributed by atoms with E-state index in [1.165, 1.54) is 11.3 Å². The number of hydrogen-bond acceptors (Lipinski definition) is 3. The van der Waals surface area contributed by atoms with Crippen LogP contribution in [0.5, 0.6) is 0 Å². The molecule has 1 fully saturated rings. The summed E-state index contributed by atoms with van der Waals surface area (Å²) in [6, 6.07) is 3.77. The van der Waals surface area contributed by atoms with E-state index in [1.54, 1.807) is 6.92 Å². The first-order valence-electron chi connectivity index (χ1n) is 4.05. The fourth-order valence-corrected chi connectivity index (χ4v) is 2.60. The first-order chi connectivity index (χ1) is 5.56. The Labute approximate surface area is 75.5 Å². The summed E-state index contributed by atoms with van der Waals surface area (Å²) in [5, 5.41) is 21.7. The molecule has 0 saturated heterocycles. The lowest BCUT2D eigenvalue weighted by molar-refractivity contribution is -0.217. The molecule has 2 atom stereocenters. The number of thiophene rings is 1. The summed E-state index contributed by atoms with van der Waals surface area (Å²) < 4.78 is 0. The van der Waals surface area contributed by atoms with Crippen LogP contribution in [0.15, 0.2) is 17.5 Å². The van der Waals surface area contributed by atoms with Crippen molar-refractivity contribution in [3.63, 3.8) is 0 Å². The van der Waals surface area contributed by atoms with E-state index in [0.29, 0.717) is 12.8 Å². The largest absolute Gasteiger partial charge is 0.387 e. The third kappa shape index (κ3) is 0.873. The van der Waals surface area contributed by atoms with Crippen LogP contribution in [0.3, 0.4) is 0 Å². The van der Waals surface area contributed by atoms with Crippen molar-refractivity contribution in [1.82, 2.24) is 0 Å². The van der Waals surface area contributed by atoms with Gasteiger partial charge >= 0.3 is 0 Å². The summed E-state index contributed by atoms with van der Waals surface area (Å²) in [5.74, 6) is 0. The van der Waals surface area contributed by atoms with Crippen LogP contribution in [0.25, 0.3) is 0 Å². The van der Waals surface area contributed by atoms with Gasteiger partial charge in [-0.3, -0.25) is 0 Å². The highest BCUT2D eigenvalue weighted by Gasteiger charge is 2.55. The Balaban J connectivity index is 2.35. The monoisotopic (exact) mass is 184 g/mol. The molecule has 0 unspecified atom stereocenters. The van der Waals surface area contributed by atoms with Crippen molar-refractivity contribution in [2.45, 2.75) is 31.0 Å². The molecule has 0 spiro atoms. The Morgan fingerprint density at radius 3 is 2.50 bits per heavy atom. The van der Waals surface area contributed by atoms with Crippen LogP contribution in [0, 0.1) is 0 Å². The van der Waals surface area contributed by atoms with Crippen LogP contribution < -0.4 is 0 Å². The molecule has 0 aromatic carbocycles. The fourth-order valence-electron chi connectivity index (χ4n) is 1.63. The Bertz CT molecular complexity index is 279. The van der Waals surface area contributed by atoms with Crippen molar-refractivity contribution in [2.75, 3.05) is 0 Å². The van der Waals surface area contributed by atoms with Crippen molar-refractivity contribution >= 4 is 11.3 Å². The zero-order valence-electron chi connectivity index (χ0n) is 6.95. The summed E-state index contributed by atoms with van der Waals surface area (Å²) in [7, 11) is 0. The lowest BCUT2D eigenvalue weighted by atomic mass is 9.66. The molecule has 1 aliphatic rings. The minimum absolute atomic E-state index is 0.667. The summed E-state index contributed by atoms with van der Waals surface area (Å²) in [6.45, 7) is 1.69. The summed E-state index contributed by atoms with van der Waals surface area (Å²) in [5.41, 5.74) is -1.92. The van der Waals surface area contributed by atoms with Gasteiger partial charge < -0.3 is 10.2 Å². The molecule has 12 heavy (non-hydrogen) atoms. The molecular formula is C9H12O2S. The van der Waals surface area contributed by atoms with Gasteiger partial charge in [0.1, 0.15) is 5.60 Å². The Morgan fingerprint density at radius 2 is 2.17 bits per heavy atom. The molecule has 0 aliphatic heterocycles. The lowest BCUT2D eigenvalue weighted by Gasteiger charge is -2.50. The molecule has 2 N–H and O–H groups in total. The van der Waals surface area contributed by atoms with Gasteiger partial charge in [-0.2, -0.15) is 0 Å². The van der Waals surface area contributed by atoms with Gasteiger partial charge in [0.15, 0.2) is 0 Å². The molecule has 2 rings (SSSR count). The first-order valence-corrected chi connectivity index (χ1v) is 4.93. The molecule has 1 saturated carbocycles. The number of rotatable bonds is 1. The molecule has 1 aliphatic carbocycles. The zero-order chi connectivity index (χ0) is 8.82. The molecule has 0 bridgehead atoms. The van der Waals surface area contributed by atoms with Crippen LogP contribution in [0.2, 0.25) is 0 Å². The smallest absolute Gasteiger partial charge is 0.127 e. The van der Waals surface area contributed by atoms with Gasteiger partial charge in [0.2, 0.25) is 0 Å². The van der Waals surface area contributed by atoms with Crippen molar-refractivity contribution in [2.24, 2.45) is 0 Å². The van der Waals surface area contributed by atoms with E-state index in [9.17, 15) is 10.2 Å². The minimum Gasteiger partial charge on any atom is -0.387 e. The maximum atomic E-state index is 10.1. The second-order valence-electron chi connectivity index (χ2n) is 3.61. The van der Waals surface area contributed by atoms with E-state index in [1.807, 2.05) is 17.5 Å². The molecule has 0 amide bonds. The molecule has 3 heteroatoms. The van der Waals surface area contributed by atoms with E-state index in [4.69, 9.17) is 0 Å². The predicted molar refractivity (Wildman–Crippen MR) is 48.1 cm³/mol. The van der Waals surface area contributed by atoms with Crippen LogP contribution in [-0.2, 0) is 5.60 Å². The normalized spacial score (nSPS) is 40.9. The van der Waals surface area contributed by atoms with Crippen LogP contribution in [0.1, 0.15) is 24.6 Å². The average Bonchev–Trinajstić information content (AvgIpc) is 2.53. The Morgan fingerprint density at radius 1 is 1.42 bits per heavy atom. The molecule has 66 valence electrons. The molecule has 2 nitrogen and oxygen atoms in total. The second-order valence-corrected chi connectivity index (χ2v) is 4.56. The minimum atomic E-state index is -0.985. The maximum Gasteiger partial charge on any atom is 0.127 e. The van der Waals surface area contributed by atoms with E-state index in [2.05, 4.69) is 0 Å². The van der Waals surface area contributed by atoms with Gasteiger partial charge in [-0.15, -0.1) is 11.3 Å². The summed E-state index contributed by atoms with van der Waals surface area (Å²) in [4.78, 5) is 0.874. The maximum absolute atomic E-state index is 10.1. The zero-order valence-corrected chi connectivity index (χ0v) is 7.77. The third-order valence-electron chi connectivity index (χ3n) is 2.79. The topological polar surface area (TPSA) is 40.5 Å². The van der Waals surface area contributed by atoms with E-state index in [-0.39, 0.29) is 0 Å². The Hall–Kier alpha value is -0.380. The van der Waals surface area contributed by atoms with Crippen LogP contribution in [0.4, 0.5) is 0 Å². The average molecular weight is 184 g/mol. The summed E-state index contributed by atoms with van der Waals surface area (Å²) in [6.07, 6.45) is 1.35. The highest BCUT2D eigenvalue weighted by Crippen LogP contribution is 2.50. The molecule has 1 aromatic heterocycles. The second kappa shape index (κ2) is 2.31. The van der Waals surface area contributed by atoms with E-state index in [0.717, 1.165) is 4.88 Å². The molecule has 1 heterocycles. The summed E-state index contributed by atoms with van der Waals surface area (Å²) >= 11 is 1.50. The van der Waals surface area contributed by atoms with Crippen LogP contribution in [-0.4, -0.2) is 15.8 Å². The van der Waals surface area contributed by atoms with Crippen molar-refractivity contribution < 1.29 is 10.2 Å². The van der Waals surface area contributed by atoms with Crippen molar-refractivity contribution in [1.29, 1.82) is 0 Å². The van der Waals surface area contributed by atoms with Gasteiger partial charge in [-0.1, -0.05) is 6.07 Å². The highest BCUT2D eigenvalue weighted by molar-refractivity contribution is 7.10. The third-order valence-corrected chi connectivity index (χ3v) is 3.81. The van der Waals surface area contributed by atoms with Gasteiger partial charge in [0.25, 0.3) is 0 Å². The molecular weight excluding hydrogens is 172 g/mol. The lowest BCUT2D eigenvalue weighted by Crippen LogP contribution is -2.58. The Kier molecular flexibility index (Phi) is 1.59.